The number of halogens is 2. The van der Waals surface area contributed by atoms with E-state index in [-0.39, 0.29) is 26.0 Å². The van der Waals surface area contributed by atoms with Crippen LogP contribution in [0, 0.1) is 0 Å². The molecular formula is C12H15BrClNO4S. The lowest BCUT2D eigenvalue weighted by Gasteiger charge is -2.24. The van der Waals surface area contributed by atoms with Crippen LogP contribution in [0.2, 0.25) is 5.02 Å². The number of carboxylic acid groups (broad SMARTS) is 1. The SMILES string of the molecule is CCN(C(C)C)S(=O)(=O)c1cc(Br)c(Cl)c(C(=O)O)c1. The van der Waals surface area contributed by atoms with Crippen LogP contribution in [0.1, 0.15) is 31.1 Å². The van der Waals surface area contributed by atoms with Gasteiger partial charge >= 0.3 is 5.97 Å². The summed E-state index contributed by atoms with van der Waals surface area (Å²) >= 11 is 8.94. The number of sulfonamides is 1. The number of carbonyl (C=O) groups is 1. The van der Waals surface area contributed by atoms with Gasteiger partial charge in [-0.25, -0.2) is 13.2 Å². The van der Waals surface area contributed by atoms with Crippen molar-refractivity contribution in [3.8, 4) is 0 Å². The second-order valence-electron chi connectivity index (χ2n) is 4.37. The van der Waals surface area contributed by atoms with Crippen LogP contribution in [0.4, 0.5) is 0 Å². The van der Waals surface area contributed by atoms with E-state index in [0.717, 1.165) is 6.07 Å². The summed E-state index contributed by atoms with van der Waals surface area (Å²) in [6.45, 7) is 5.53. The minimum absolute atomic E-state index is 0.0240. The molecule has 0 spiro atoms. The quantitative estimate of drug-likeness (QED) is 0.846. The predicted molar refractivity (Wildman–Crippen MR) is 80.8 cm³/mol. The van der Waals surface area contributed by atoms with E-state index >= 15 is 0 Å². The summed E-state index contributed by atoms with van der Waals surface area (Å²) in [5.74, 6) is -1.28. The molecular weight excluding hydrogens is 370 g/mol. The summed E-state index contributed by atoms with van der Waals surface area (Å²) < 4.78 is 26.5. The van der Waals surface area contributed by atoms with E-state index in [0.29, 0.717) is 6.54 Å². The summed E-state index contributed by atoms with van der Waals surface area (Å²) in [4.78, 5) is 11.0. The van der Waals surface area contributed by atoms with E-state index in [4.69, 9.17) is 16.7 Å². The molecule has 0 saturated heterocycles. The van der Waals surface area contributed by atoms with E-state index in [1.54, 1.807) is 20.8 Å². The third kappa shape index (κ3) is 3.33. The number of aromatic carboxylic acids is 1. The maximum Gasteiger partial charge on any atom is 0.337 e. The lowest BCUT2D eigenvalue weighted by Crippen LogP contribution is -2.36. The molecule has 5 nitrogen and oxygen atoms in total. The second kappa shape index (κ2) is 6.43. The zero-order valence-corrected chi connectivity index (χ0v) is 14.4. The van der Waals surface area contributed by atoms with Gasteiger partial charge in [-0.2, -0.15) is 4.31 Å². The maximum atomic E-state index is 12.5. The molecule has 0 fully saturated rings. The van der Waals surface area contributed by atoms with Crippen LogP contribution in [0.25, 0.3) is 0 Å². The van der Waals surface area contributed by atoms with Gasteiger partial charge < -0.3 is 5.11 Å². The van der Waals surface area contributed by atoms with Crippen LogP contribution >= 0.6 is 27.5 Å². The molecule has 8 heteroatoms. The van der Waals surface area contributed by atoms with Crippen LogP contribution in [-0.2, 0) is 10.0 Å². The number of nitrogens with zero attached hydrogens (tertiary/aromatic N) is 1. The largest absolute Gasteiger partial charge is 0.478 e. The van der Waals surface area contributed by atoms with Crippen molar-refractivity contribution in [2.24, 2.45) is 0 Å². The normalized spacial score (nSPS) is 12.2. The molecule has 0 bridgehead atoms. The van der Waals surface area contributed by atoms with Crippen molar-refractivity contribution in [3.05, 3.63) is 27.2 Å². The van der Waals surface area contributed by atoms with E-state index in [9.17, 15) is 13.2 Å². The molecule has 0 atom stereocenters. The number of hydrogen-bond donors (Lipinski definition) is 1. The molecule has 0 aliphatic rings. The first-order valence-electron chi connectivity index (χ1n) is 5.87. The first-order valence-corrected chi connectivity index (χ1v) is 8.48. The molecule has 0 aliphatic heterocycles. The molecule has 0 heterocycles. The fourth-order valence-electron chi connectivity index (χ4n) is 1.82. The van der Waals surface area contributed by atoms with Gasteiger partial charge in [0.25, 0.3) is 0 Å². The Balaban J connectivity index is 3.51. The van der Waals surface area contributed by atoms with Crippen molar-refractivity contribution in [2.45, 2.75) is 31.7 Å². The highest BCUT2D eigenvalue weighted by atomic mass is 79.9. The Bertz CT molecular complexity index is 631. The van der Waals surface area contributed by atoms with Gasteiger partial charge in [-0.05, 0) is 41.9 Å². The van der Waals surface area contributed by atoms with Gasteiger partial charge in [-0.3, -0.25) is 0 Å². The topological polar surface area (TPSA) is 74.7 Å². The number of hydrogen-bond acceptors (Lipinski definition) is 3. The van der Waals surface area contributed by atoms with Crippen molar-refractivity contribution in [1.29, 1.82) is 0 Å². The summed E-state index contributed by atoms with van der Waals surface area (Å²) in [7, 11) is -3.76. The molecule has 1 aromatic rings. The van der Waals surface area contributed by atoms with Crippen molar-refractivity contribution < 1.29 is 18.3 Å². The van der Waals surface area contributed by atoms with Gasteiger partial charge in [0.2, 0.25) is 10.0 Å². The molecule has 0 aromatic heterocycles. The van der Waals surface area contributed by atoms with Crippen LogP contribution in [0.5, 0.6) is 0 Å². The zero-order chi connectivity index (χ0) is 15.7. The first-order chi connectivity index (χ1) is 9.12. The Labute approximate surface area is 131 Å². The Morgan fingerprint density at radius 1 is 1.45 bits per heavy atom. The molecule has 0 amide bonds. The van der Waals surface area contributed by atoms with E-state index < -0.39 is 16.0 Å². The molecule has 112 valence electrons. The second-order valence-corrected chi connectivity index (χ2v) is 7.50. The molecule has 0 saturated carbocycles. The van der Waals surface area contributed by atoms with Gasteiger partial charge in [0.1, 0.15) is 0 Å². The van der Waals surface area contributed by atoms with E-state index in [1.165, 1.54) is 10.4 Å². The Hall–Kier alpha value is -0.630. The Kier molecular flexibility index (Phi) is 5.60. The number of rotatable bonds is 5. The third-order valence-electron chi connectivity index (χ3n) is 2.73. The standard InChI is InChI=1S/C12H15BrClNO4S/c1-4-15(7(2)3)20(18,19)8-5-9(12(16)17)11(14)10(13)6-8/h5-7H,4H2,1-3H3,(H,16,17). The smallest absolute Gasteiger partial charge is 0.337 e. The van der Waals surface area contributed by atoms with Crippen molar-refractivity contribution in [3.63, 3.8) is 0 Å². The van der Waals surface area contributed by atoms with Crippen LogP contribution in [0.3, 0.4) is 0 Å². The highest BCUT2D eigenvalue weighted by molar-refractivity contribution is 9.10. The van der Waals surface area contributed by atoms with Gasteiger partial charge in [-0.1, -0.05) is 18.5 Å². The molecule has 0 aliphatic carbocycles. The summed E-state index contributed by atoms with van der Waals surface area (Å²) in [6, 6.07) is 2.16. The van der Waals surface area contributed by atoms with Gasteiger partial charge in [0.05, 0.1) is 15.5 Å². The van der Waals surface area contributed by atoms with Crippen molar-refractivity contribution in [1.82, 2.24) is 4.31 Å². The lowest BCUT2D eigenvalue weighted by molar-refractivity contribution is 0.0696. The fourth-order valence-corrected chi connectivity index (χ4v) is 4.32. The zero-order valence-electron chi connectivity index (χ0n) is 11.2. The molecule has 1 aromatic carbocycles. The Morgan fingerprint density at radius 2 is 2.00 bits per heavy atom. The average molecular weight is 385 g/mol. The summed E-state index contributed by atoms with van der Waals surface area (Å²) in [6.07, 6.45) is 0. The van der Waals surface area contributed by atoms with E-state index in [1.807, 2.05) is 0 Å². The van der Waals surface area contributed by atoms with Gasteiger partial charge in [0.15, 0.2) is 0 Å². The van der Waals surface area contributed by atoms with E-state index in [2.05, 4.69) is 15.9 Å². The van der Waals surface area contributed by atoms with Crippen LogP contribution < -0.4 is 0 Å². The van der Waals surface area contributed by atoms with Gasteiger partial charge in [-0.15, -0.1) is 0 Å². The summed E-state index contributed by atoms with van der Waals surface area (Å²) in [5.41, 5.74) is -0.251. The highest BCUT2D eigenvalue weighted by Crippen LogP contribution is 2.31. The molecule has 1 rings (SSSR count). The third-order valence-corrected chi connectivity index (χ3v) is 6.12. The highest BCUT2D eigenvalue weighted by Gasteiger charge is 2.28. The van der Waals surface area contributed by atoms with Crippen molar-refractivity contribution >= 4 is 43.5 Å². The average Bonchev–Trinajstić information content (AvgIpc) is 2.31. The van der Waals surface area contributed by atoms with Crippen LogP contribution in [-0.4, -0.2) is 36.4 Å². The fraction of sp³-hybridized carbons (Fsp3) is 0.417. The Morgan fingerprint density at radius 3 is 2.40 bits per heavy atom. The monoisotopic (exact) mass is 383 g/mol. The molecule has 1 N–H and O–H groups in total. The molecule has 20 heavy (non-hydrogen) atoms. The maximum absolute atomic E-state index is 12.5. The van der Waals surface area contributed by atoms with Crippen molar-refractivity contribution in [2.75, 3.05) is 6.54 Å². The predicted octanol–water partition coefficient (Wildman–Crippen LogP) is 3.22. The van der Waals surface area contributed by atoms with Gasteiger partial charge in [0, 0.05) is 17.1 Å². The minimum atomic E-state index is -3.76. The molecule has 0 unspecified atom stereocenters. The summed E-state index contributed by atoms with van der Waals surface area (Å²) in [5, 5.41) is 9.05. The number of benzene rings is 1. The molecule has 0 radical (unpaired) electrons. The lowest BCUT2D eigenvalue weighted by atomic mass is 10.2. The van der Waals surface area contributed by atoms with Crippen LogP contribution in [0.15, 0.2) is 21.5 Å². The number of carboxylic acids is 1. The first kappa shape index (κ1) is 17.4. The minimum Gasteiger partial charge on any atom is -0.478 e.